The van der Waals surface area contributed by atoms with Crippen LogP contribution in [-0.2, 0) is 0 Å². The first kappa shape index (κ1) is 13.3. The third kappa shape index (κ3) is 2.91. The zero-order chi connectivity index (χ0) is 14.8. The molecule has 106 valence electrons. The van der Waals surface area contributed by atoms with Crippen LogP contribution in [0, 0.1) is 0 Å². The second-order valence-electron chi connectivity index (χ2n) is 5.23. The van der Waals surface area contributed by atoms with Gasteiger partial charge in [0.15, 0.2) is 0 Å². The lowest BCUT2D eigenvalue weighted by Gasteiger charge is -2.10. The molecule has 3 N–H and O–H groups in total. The van der Waals surface area contributed by atoms with Gasteiger partial charge in [-0.3, -0.25) is 4.98 Å². The average molecular weight is 279 g/mol. The summed E-state index contributed by atoms with van der Waals surface area (Å²) in [5, 5.41) is 4.35. The van der Waals surface area contributed by atoms with E-state index in [1.54, 1.807) is 12.3 Å². The summed E-state index contributed by atoms with van der Waals surface area (Å²) in [5.74, 6) is 2.14. The lowest BCUT2D eigenvalue weighted by atomic mass is 10.2. The fourth-order valence-corrected chi connectivity index (χ4v) is 2.11. The third-order valence-corrected chi connectivity index (χ3v) is 3.16. The molecule has 21 heavy (non-hydrogen) atoms. The van der Waals surface area contributed by atoms with Gasteiger partial charge < -0.3 is 11.1 Å². The molecular formula is C16H17N5. The maximum absolute atomic E-state index is 5.84. The molecule has 0 aliphatic rings. The monoisotopic (exact) mass is 279 g/mol. The van der Waals surface area contributed by atoms with Gasteiger partial charge in [0, 0.05) is 29.3 Å². The predicted molar refractivity (Wildman–Crippen MR) is 85.6 cm³/mol. The summed E-state index contributed by atoms with van der Waals surface area (Å²) in [5.41, 5.74) is 7.75. The van der Waals surface area contributed by atoms with Crippen molar-refractivity contribution >= 4 is 28.2 Å². The van der Waals surface area contributed by atoms with Gasteiger partial charge in [-0.1, -0.05) is 19.9 Å². The highest BCUT2D eigenvalue weighted by atomic mass is 15.1. The van der Waals surface area contributed by atoms with E-state index in [2.05, 4.69) is 20.3 Å². The van der Waals surface area contributed by atoms with Gasteiger partial charge in [-0.05, 0) is 24.3 Å². The largest absolute Gasteiger partial charge is 0.384 e. The number of nitrogens with two attached hydrogens (primary N) is 1. The molecule has 2 heterocycles. The SMILES string of the molecule is CC(C)c1nc(N)cc(Nc2ccc3ncccc3c2)n1. The first-order valence-electron chi connectivity index (χ1n) is 6.88. The molecule has 0 saturated heterocycles. The predicted octanol–water partition coefficient (Wildman–Crippen LogP) is 3.47. The molecule has 0 bridgehead atoms. The molecule has 3 rings (SSSR count). The van der Waals surface area contributed by atoms with Crippen LogP contribution in [-0.4, -0.2) is 15.0 Å². The molecule has 0 spiro atoms. The van der Waals surface area contributed by atoms with Gasteiger partial charge in [-0.2, -0.15) is 0 Å². The van der Waals surface area contributed by atoms with E-state index >= 15 is 0 Å². The second-order valence-corrected chi connectivity index (χ2v) is 5.23. The zero-order valence-electron chi connectivity index (χ0n) is 12.0. The maximum Gasteiger partial charge on any atom is 0.136 e. The number of nitrogen functional groups attached to an aromatic ring is 1. The lowest BCUT2D eigenvalue weighted by Crippen LogP contribution is -2.04. The van der Waals surface area contributed by atoms with Crippen molar-refractivity contribution in [2.75, 3.05) is 11.1 Å². The van der Waals surface area contributed by atoms with E-state index in [9.17, 15) is 0 Å². The molecule has 0 saturated carbocycles. The summed E-state index contributed by atoms with van der Waals surface area (Å²) in [6.45, 7) is 4.08. The summed E-state index contributed by atoms with van der Waals surface area (Å²) in [6.07, 6.45) is 1.79. The van der Waals surface area contributed by atoms with Gasteiger partial charge in [0.05, 0.1) is 5.52 Å². The van der Waals surface area contributed by atoms with E-state index in [1.807, 2.05) is 44.2 Å². The Morgan fingerprint density at radius 2 is 1.95 bits per heavy atom. The topological polar surface area (TPSA) is 76.7 Å². The Bertz CT molecular complexity index is 782. The first-order valence-corrected chi connectivity index (χ1v) is 6.88. The number of hydrogen-bond acceptors (Lipinski definition) is 5. The van der Waals surface area contributed by atoms with Gasteiger partial charge in [-0.15, -0.1) is 0 Å². The summed E-state index contributed by atoms with van der Waals surface area (Å²) in [7, 11) is 0. The Kier molecular flexibility index (Phi) is 3.39. The van der Waals surface area contributed by atoms with Gasteiger partial charge in [-0.25, -0.2) is 9.97 Å². The summed E-state index contributed by atoms with van der Waals surface area (Å²) < 4.78 is 0. The average Bonchev–Trinajstić information content (AvgIpc) is 2.46. The number of aromatic nitrogens is 3. The van der Waals surface area contributed by atoms with E-state index in [0.29, 0.717) is 11.6 Å². The number of fused-ring (bicyclic) bond motifs is 1. The van der Waals surface area contributed by atoms with Crippen molar-refractivity contribution < 1.29 is 0 Å². The molecule has 0 amide bonds. The van der Waals surface area contributed by atoms with Crippen LogP contribution in [0.3, 0.4) is 0 Å². The number of nitrogens with zero attached hydrogens (tertiary/aromatic N) is 3. The molecule has 3 aromatic rings. The van der Waals surface area contributed by atoms with E-state index in [0.717, 1.165) is 22.4 Å². The Morgan fingerprint density at radius 1 is 1.10 bits per heavy atom. The van der Waals surface area contributed by atoms with Crippen LogP contribution in [0.15, 0.2) is 42.6 Å². The van der Waals surface area contributed by atoms with Crippen molar-refractivity contribution in [2.45, 2.75) is 19.8 Å². The highest BCUT2D eigenvalue weighted by Gasteiger charge is 2.07. The lowest BCUT2D eigenvalue weighted by molar-refractivity contribution is 0.779. The van der Waals surface area contributed by atoms with Crippen molar-refractivity contribution in [3.05, 3.63) is 48.4 Å². The van der Waals surface area contributed by atoms with Crippen molar-refractivity contribution in [2.24, 2.45) is 0 Å². The summed E-state index contributed by atoms with van der Waals surface area (Å²) >= 11 is 0. The number of nitrogens with one attached hydrogen (secondary N) is 1. The fraction of sp³-hybridized carbons (Fsp3) is 0.188. The minimum Gasteiger partial charge on any atom is -0.384 e. The van der Waals surface area contributed by atoms with Crippen molar-refractivity contribution in [3.63, 3.8) is 0 Å². The number of anilines is 3. The quantitative estimate of drug-likeness (QED) is 0.767. The van der Waals surface area contributed by atoms with Crippen LogP contribution in [0.2, 0.25) is 0 Å². The van der Waals surface area contributed by atoms with E-state index in [4.69, 9.17) is 5.73 Å². The Morgan fingerprint density at radius 3 is 2.76 bits per heavy atom. The van der Waals surface area contributed by atoms with Gasteiger partial charge >= 0.3 is 0 Å². The molecule has 5 heteroatoms. The van der Waals surface area contributed by atoms with Gasteiger partial charge in [0.25, 0.3) is 0 Å². The fourth-order valence-electron chi connectivity index (χ4n) is 2.11. The Balaban J connectivity index is 1.94. The highest BCUT2D eigenvalue weighted by molar-refractivity contribution is 5.83. The van der Waals surface area contributed by atoms with E-state index in [-0.39, 0.29) is 5.92 Å². The van der Waals surface area contributed by atoms with Gasteiger partial charge in [0.1, 0.15) is 17.5 Å². The van der Waals surface area contributed by atoms with Crippen molar-refractivity contribution in [1.82, 2.24) is 15.0 Å². The van der Waals surface area contributed by atoms with Gasteiger partial charge in [0.2, 0.25) is 0 Å². The molecule has 0 unspecified atom stereocenters. The second kappa shape index (κ2) is 5.36. The zero-order valence-corrected chi connectivity index (χ0v) is 12.0. The molecule has 0 fully saturated rings. The molecule has 5 nitrogen and oxygen atoms in total. The Hall–Kier alpha value is -2.69. The maximum atomic E-state index is 5.84. The smallest absolute Gasteiger partial charge is 0.136 e. The van der Waals surface area contributed by atoms with Crippen LogP contribution in [0.5, 0.6) is 0 Å². The molecule has 1 aromatic carbocycles. The van der Waals surface area contributed by atoms with Crippen LogP contribution in [0.1, 0.15) is 25.6 Å². The molecule has 2 aromatic heterocycles. The molecular weight excluding hydrogens is 262 g/mol. The summed E-state index contributed by atoms with van der Waals surface area (Å²) in [4.78, 5) is 13.0. The first-order chi connectivity index (χ1) is 10.1. The number of rotatable bonds is 3. The highest BCUT2D eigenvalue weighted by Crippen LogP contribution is 2.22. The minimum absolute atomic E-state index is 0.231. The van der Waals surface area contributed by atoms with Crippen LogP contribution in [0.25, 0.3) is 10.9 Å². The van der Waals surface area contributed by atoms with Crippen molar-refractivity contribution in [1.29, 1.82) is 0 Å². The van der Waals surface area contributed by atoms with E-state index in [1.165, 1.54) is 0 Å². The Labute approximate surface area is 123 Å². The minimum atomic E-state index is 0.231. The number of pyridine rings is 1. The van der Waals surface area contributed by atoms with Crippen LogP contribution in [0.4, 0.5) is 17.3 Å². The molecule has 0 atom stereocenters. The van der Waals surface area contributed by atoms with Crippen LogP contribution >= 0.6 is 0 Å². The normalized spacial score (nSPS) is 11.0. The van der Waals surface area contributed by atoms with Crippen LogP contribution < -0.4 is 11.1 Å². The standard InChI is InChI=1S/C16H17N5/c1-10(2)16-20-14(17)9-15(21-16)19-12-5-6-13-11(8-12)4-3-7-18-13/h3-10H,1-2H3,(H3,17,19,20,21). The summed E-state index contributed by atoms with van der Waals surface area (Å²) in [6, 6.07) is 11.7. The molecule has 0 aliphatic heterocycles. The number of benzene rings is 1. The molecule has 0 aliphatic carbocycles. The number of hydrogen-bond donors (Lipinski definition) is 2. The molecule has 0 radical (unpaired) electrons. The van der Waals surface area contributed by atoms with Crippen molar-refractivity contribution in [3.8, 4) is 0 Å². The third-order valence-electron chi connectivity index (χ3n) is 3.16. The van der Waals surface area contributed by atoms with E-state index < -0.39 is 0 Å².